The Morgan fingerprint density at radius 1 is 1.09 bits per heavy atom. The zero-order valence-electron chi connectivity index (χ0n) is 18.3. The SMILES string of the molecule is COc1ccc(C)cc1NC(=O)Cn1nc(S(=O)(=O)c2ccc(C(C)C)cc2)ccc1=O. The molecular formula is C23H25N3O5S. The monoisotopic (exact) mass is 455 g/mol. The molecule has 0 atom stereocenters. The number of ether oxygens (including phenoxy) is 1. The van der Waals surface area contributed by atoms with Gasteiger partial charge in [-0.15, -0.1) is 0 Å². The summed E-state index contributed by atoms with van der Waals surface area (Å²) in [5, 5.41) is 6.31. The van der Waals surface area contributed by atoms with Crippen LogP contribution in [-0.4, -0.2) is 31.2 Å². The first kappa shape index (κ1) is 23.2. The van der Waals surface area contributed by atoms with Gasteiger partial charge >= 0.3 is 0 Å². The highest BCUT2D eigenvalue weighted by Crippen LogP contribution is 2.25. The predicted molar refractivity (Wildman–Crippen MR) is 121 cm³/mol. The maximum absolute atomic E-state index is 13.0. The first-order chi connectivity index (χ1) is 15.1. The second kappa shape index (κ2) is 9.35. The number of aromatic nitrogens is 2. The Morgan fingerprint density at radius 3 is 2.41 bits per heavy atom. The number of anilines is 1. The van der Waals surface area contributed by atoms with Crippen LogP contribution in [0.2, 0.25) is 0 Å². The first-order valence-electron chi connectivity index (χ1n) is 9.99. The van der Waals surface area contributed by atoms with Crippen molar-refractivity contribution < 1.29 is 17.9 Å². The minimum absolute atomic E-state index is 0.0635. The van der Waals surface area contributed by atoms with Gasteiger partial charge < -0.3 is 10.1 Å². The van der Waals surface area contributed by atoms with E-state index in [9.17, 15) is 18.0 Å². The van der Waals surface area contributed by atoms with E-state index in [1.54, 1.807) is 24.3 Å². The third-order valence-corrected chi connectivity index (χ3v) is 6.56. The molecule has 1 heterocycles. The second-order valence-electron chi connectivity index (χ2n) is 7.65. The van der Waals surface area contributed by atoms with E-state index in [0.717, 1.165) is 27.9 Å². The Kier molecular flexibility index (Phi) is 6.78. The lowest BCUT2D eigenvalue weighted by atomic mass is 10.0. The summed E-state index contributed by atoms with van der Waals surface area (Å²) in [4.78, 5) is 24.8. The standard InChI is InChI=1S/C23H25N3O5S/c1-15(2)17-6-8-18(9-7-17)32(29,30)22-11-12-23(28)26(25-22)14-21(27)24-19-13-16(3)5-10-20(19)31-4/h5-13,15H,14H2,1-4H3,(H,24,27). The van der Waals surface area contributed by atoms with Gasteiger partial charge in [-0.05, 0) is 54.3 Å². The van der Waals surface area contributed by atoms with Crippen LogP contribution in [0, 0.1) is 6.92 Å². The van der Waals surface area contributed by atoms with Gasteiger partial charge in [0, 0.05) is 6.07 Å². The number of benzene rings is 2. The van der Waals surface area contributed by atoms with Crippen molar-refractivity contribution in [3.63, 3.8) is 0 Å². The zero-order chi connectivity index (χ0) is 23.5. The molecule has 0 aliphatic carbocycles. The number of hydrogen-bond acceptors (Lipinski definition) is 6. The summed E-state index contributed by atoms with van der Waals surface area (Å²) < 4.78 is 32.0. The molecule has 0 saturated heterocycles. The van der Waals surface area contributed by atoms with Crippen LogP contribution in [0.15, 0.2) is 69.3 Å². The fraction of sp³-hybridized carbons (Fsp3) is 0.261. The van der Waals surface area contributed by atoms with Gasteiger partial charge in [0.2, 0.25) is 15.7 Å². The molecule has 0 unspecified atom stereocenters. The van der Waals surface area contributed by atoms with Crippen LogP contribution in [-0.2, 0) is 21.2 Å². The summed E-state index contributed by atoms with van der Waals surface area (Å²) in [7, 11) is -2.47. The van der Waals surface area contributed by atoms with Gasteiger partial charge in [-0.1, -0.05) is 32.0 Å². The Hall–Kier alpha value is -3.46. The number of methoxy groups -OCH3 is 1. The minimum atomic E-state index is -3.95. The Morgan fingerprint density at radius 2 is 1.78 bits per heavy atom. The van der Waals surface area contributed by atoms with Crippen LogP contribution in [0.5, 0.6) is 5.75 Å². The van der Waals surface area contributed by atoms with E-state index in [0.29, 0.717) is 11.4 Å². The van der Waals surface area contributed by atoms with Gasteiger partial charge in [0.25, 0.3) is 5.56 Å². The topological polar surface area (TPSA) is 107 Å². The van der Waals surface area contributed by atoms with E-state index in [-0.39, 0.29) is 15.8 Å². The smallest absolute Gasteiger partial charge is 0.267 e. The summed E-state index contributed by atoms with van der Waals surface area (Å²) >= 11 is 0. The summed E-state index contributed by atoms with van der Waals surface area (Å²) in [6, 6.07) is 14.0. The van der Waals surface area contributed by atoms with Gasteiger partial charge in [-0.25, -0.2) is 13.1 Å². The number of sulfone groups is 1. The number of hydrogen-bond donors (Lipinski definition) is 1. The number of nitrogens with zero attached hydrogens (tertiary/aromatic N) is 2. The van der Waals surface area contributed by atoms with Crippen LogP contribution in [0.1, 0.15) is 30.9 Å². The van der Waals surface area contributed by atoms with Gasteiger partial charge in [0.05, 0.1) is 17.7 Å². The van der Waals surface area contributed by atoms with Gasteiger partial charge in [-0.2, -0.15) is 5.10 Å². The quantitative estimate of drug-likeness (QED) is 0.586. The Labute approximate surface area is 186 Å². The molecule has 0 radical (unpaired) electrons. The number of rotatable bonds is 7. The molecule has 0 fully saturated rings. The molecule has 1 aromatic heterocycles. The van der Waals surface area contributed by atoms with Gasteiger partial charge in [-0.3, -0.25) is 9.59 Å². The van der Waals surface area contributed by atoms with Crippen molar-refractivity contribution in [2.75, 3.05) is 12.4 Å². The van der Waals surface area contributed by atoms with E-state index < -0.39 is 27.8 Å². The number of amides is 1. The number of aryl methyl sites for hydroxylation is 1. The molecule has 3 aromatic rings. The third-order valence-electron chi connectivity index (χ3n) is 4.90. The van der Waals surface area contributed by atoms with E-state index in [1.807, 2.05) is 26.8 Å². The molecule has 168 valence electrons. The molecule has 0 spiro atoms. The number of nitrogens with one attached hydrogen (secondary N) is 1. The van der Waals surface area contributed by atoms with E-state index in [1.165, 1.54) is 19.2 Å². The maximum Gasteiger partial charge on any atom is 0.267 e. The molecule has 0 aliphatic rings. The molecule has 0 saturated carbocycles. The highest BCUT2D eigenvalue weighted by Gasteiger charge is 2.21. The summed E-state index contributed by atoms with van der Waals surface area (Å²) in [5.74, 6) is 0.182. The van der Waals surface area contributed by atoms with Crippen LogP contribution in [0.4, 0.5) is 5.69 Å². The Bertz CT molecular complexity index is 1300. The first-order valence-corrected chi connectivity index (χ1v) is 11.5. The normalized spacial score (nSPS) is 11.4. The fourth-order valence-corrected chi connectivity index (χ4v) is 4.27. The molecule has 8 nitrogen and oxygen atoms in total. The minimum Gasteiger partial charge on any atom is -0.495 e. The molecule has 0 aliphatic heterocycles. The van der Waals surface area contributed by atoms with Crippen molar-refractivity contribution in [1.29, 1.82) is 0 Å². The van der Waals surface area contributed by atoms with E-state index in [4.69, 9.17) is 4.74 Å². The predicted octanol–water partition coefficient (Wildman–Crippen LogP) is 3.16. The lowest BCUT2D eigenvalue weighted by Gasteiger charge is -2.12. The largest absolute Gasteiger partial charge is 0.495 e. The Balaban J connectivity index is 1.86. The summed E-state index contributed by atoms with van der Waals surface area (Å²) in [6.45, 7) is 5.44. The highest BCUT2D eigenvalue weighted by atomic mass is 32.2. The lowest BCUT2D eigenvalue weighted by molar-refractivity contribution is -0.117. The average Bonchev–Trinajstić information content (AvgIpc) is 2.75. The summed E-state index contributed by atoms with van der Waals surface area (Å²) in [6.07, 6.45) is 0. The van der Waals surface area contributed by atoms with Crippen LogP contribution in [0.3, 0.4) is 0 Å². The van der Waals surface area contributed by atoms with Crippen LogP contribution < -0.4 is 15.6 Å². The van der Waals surface area contributed by atoms with Crippen molar-refractivity contribution >= 4 is 21.4 Å². The van der Waals surface area contributed by atoms with Crippen LogP contribution in [0.25, 0.3) is 0 Å². The third kappa shape index (κ3) is 5.05. The molecule has 0 bridgehead atoms. The maximum atomic E-state index is 13.0. The molecule has 32 heavy (non-hydrogen) atoms. The molecular weight excluding hydrogens is 430 g/mol. The van der Waals surface area contributed by atoms with E-state index >= 15 is 0 Å². The van der Waals surface area contributed by atoms with Gasteiger partial charge in [0.1, 0.15) is 12.3 Å². The molecule has 2 aromatic carbocycles. The van der Waals surface area contributed by atoms with Crippen LogP contribution >= 0.6 is 0 Å². The van der Waals surface area contributed by atoms with Crippen molar-refractivity contribution in [2.45, 2.75) is 43.2 Å². The van der Waals surface area contributed by atoms with Crippen molar-refractivity contribution in [2.24, 2.45) is 0 Å². The van der Waals surface area contributed by atoms with Crippen molar-refractivity contribution in [3.8, 4) is 5.75 Å². The molecule has 3 rings (SSSR count). The average molecular weight is 456 g/mol. The van der Waals surface area contributed by atoms with Crippen molar-refractivity contribution in [1.82, 2.24) is 9.78 Å². The van der Waals surface area contributed by atoms with Crippen molar-refractivity contribution in [3.05, 3.63) is 76.1 Å². The molecule has 1 amide bonds. The second-order valence-corrected chi connectivity index (χ2v) is 9.54. The summed E-state index contributed by atoms with van der Waals surface area (Å²) in [5.41, 5.74) is 1.77. The van der Waals surface area contributed by atoms with E-state index in [2.05, 4.69) is 10.4 Å². The molecule has 9 heteroatoms. The highest BCUT2D eigenvalue weighted by molar-refractivity contribution is 7.91. The van der Waals surface area contributed by atoms with Gasteiger partial charge in [0.15, 0.2) is 5.03 Å². The fourth-order valence-electron chi connectivity index (χ4n) is 3.08. The molecule has 1 N–H and O–H groups in total. The number of carbonyl (C=O) groups excluding carboxylic acids is 1. The number of carbonyl (C=O) groups is 1. The lowest BCUT2D eigenvalue weighted by Crippen LogP contribution is -2.30. The zero-order valence-corrected chi connectivity index (χ0v) is 19.1.